The van der Waals surface area contributed by atoms with E-state index in [1.165, 1.54) is 83.5 Å². The summed E-state index contributed by atoms with van der Waals surface area (Å²) in [6, 6.07) is 19.9. The van der Waals surface area contributed by atoms with Crippen molar-refractivity contribution in [2.45, 2.75) is 71.6 Å². The summed E-state index contributed by atoms with van der Waals surface area (Å²) in [6.07, 6.45) is 8.20. The standard InChI is InChI=1S/C22H25F3.C12H12S.CH5N/c1-22(24,25)20-12-9-17(10-13-20)18-11-14-21(23)19(15-18)8-7-16-5-3-2-4-6-16;1-8(2)12-9(3)10-6-4-5-7-11(10)13-12;1-2/h9-16H,2-8H2,1H3;4-7H,1H2,2-3H3;2H2,1H3. The van der Waals surface area contributed by atoms with Crippen molar-refractivity contribution < 1.29 is 13.2 Å². The number of alkyl halides is 2. The molecule has 0 saturated heterocycles. The van der Waals surface area contributed by atoms with E-state index in [0.29, 0.717) is 5.92 Å². The predicted molar refractivity (Wildman–Crippen MR) is 168 cm³/mol. The Kier molecular flexibility index (Phi) is 11.6. The number of hydrogen-bond donors (Lipinski definition) is 1. The number of nitrogens with two attached hydrogens (primary N) is 1. The number of rotatable bonds is 6. The van der Waals surface area contributed by atoms with Crippen LogP contribution in [-0.2, 0) is 12.3 Å². The summed E-state index contributed by atoms with van der Waals surface area (Å²) in [4.78, 5) is 1.33. The molecule has 1 aliphatic rings. The lowest BCUT2D eigenvalue weighted by molar-refractivity contribution is 0.0175. The molecule has 3 aromatic carbocycles. The molecular formula is C35H42F3NS. The maximum absolute atomic E-state index is 14.2. The van der Waals surface area contributed by atoms with Gasteiger partial charge >= 0.3 is 0 Å². The van der Waals surface area contributed by atoms with Gasteiger partial charge in [-0.1, -0.05) is 87.2 Å². The maximum atomic E-state index is 14.2. The Labute approximate surface area is 241 Å². The van der Waals surface area contributed by atoms with Gasteiger partial charge in [-0.2, -0.15) is 0 Å². The van der Waals surface area contributed by atoms with Crippen LogP contribution in [0, 0.1) is 18.7 Å². The molecule has 0 aliphatic heterocycles. The number of aryl methyl sites for hydroxylation is 2. The van der Waals surface area contributed by atoms with Crippen molar-refractivity contribution in [3.05, 3.63) is 101 Å². The summed E-state index contributed by atoms with van der Waals surface area (Å²) in [7, 11) is 1.50. The molecule has 1 fully saturated rings. The van der Waals surface area contributed by atoms with Crippen LogP contribution in [0.25, 0.3) is 26.8 Å². The lowest BCUT2D eigenvalue weighted by Gasteiger charge is -2.21. The van der Waals surface area contributed by atoms with E-state index in [1.54, 1.807) is 18.2 Å². The van der Waals surface area contributed by atoms with Gasteiger partial charge < -0.3 is 5.73 Å². The van der Waals surface area contributed by atoms with Gasteiger partial charge in [-0.05, 0) is 91.1 Å². The molecule has 0 amide bonds. The Balaban J connectivity index is 0.000000246. The lowest BCUT2D eigenvalue weighted by Crippen LogP contribution is -2.08. The fraction of sp³-hybridized carbons (Fsp3) is 0.371. The number of fused-ring (bicyclic) bond motifs is 1. The third-order valence-corrected chi connectivity index (χ3v) is 8.98. The Hall–Kier alpha value is -2.89. The molecule has 40 heavy (non-hydrogen) atoms. The van der Waals surface area contributed by atoms with Crippen LogP contribution in [0.2, 0.25) is 0 Å². The highest BCUT2D eigenvalue weighted by Gasteiger charge is 2.23. The molecular weight excluding hydrogens is 523 g/mol. The predicted octanol–water partition coefficient (Wildman–Crippen LogP) is 10.9. The molecule has 0 atom stereocenters. The van der Waals surface area contributed by atoms with Crippen LogP contribution in [0.4, 0.5) is 13.2 Å². The van der Waals surface area contributed by atoms with Crippen molar-refractivity contribution in [1.82, 2.24) is 0 Å². The van der Waals surface area contributed by atoms with Gasteiger partial charge in [0.1, 0.15) is 5.82 Å². The second kappa shape index (κ2) is 14.7. The molecule has 1 nitrogen and oxygen atoms in total. The largest absolute Gasteiger partial charge is 0.333 e. The molecule has 214 valence electrons. The van der Waals surface area contributed by atoms with Crippen molar-refractivity contribution in [1.29, 1.82) is 0 Å². The average Bonchev–Trinajstić information content (AvgIpc) is 3.31. The third-order valence-electron chi connectivity index (χ3n) is 7.55. The fourth-order valence-electron chi connectivity index (χ4n) is 5.32. The Morgan fingerprint density at radius 2 is 1.57 bits per heavy atom. The molecule has 0 bridgehead atoms. The number of hydrogen-bond acceptors (Lipinski definition) is 2. The molecule has 2 N–H and O–H groups in total. The quantitative estimate of drug-likeness (QED) is 0.247. The molecule has 1 aromatic heterocycles. The van der Waals surface area contributed by atoms with E-state index < -0.39 is 5.92 Å². The van der Waals surface area contributed by atoms with Gasteiger partial charge in [0.15, 0.2) is 0 Å². The molecule has 0 spiro atoms. The molecule has 1 aliphatic carbocycles. The zero-order valence-corrected chi connectivity index (χ0v) is 25.0. The van der Waals surface area contributed by atoms with Gasteiger partial charge in [-0.25, -0.2) is 13.2 Å². The number of thiophene rings is 1. The highest BCUT2D eigenvalue weighted by Crippen LogP contribution is 2.34. The Morgan fingerprint density at radius 1 is 0.950 bits per heavy atom. The smallest absolute Gasteiger partial charge is 0.270 e. The first-order valence-corrected chi connectivity index (χ1v) is 14.9. The van der Waals surface area contributed by atoms with E-state index in [4.69, 9.17) is 0 Å². The summed E-state index contributed by atoms with van der Waals surface area (Å²) >= 11 is 1.83. The van der Waals surface area contributed by atoms with Gasteiger partial charge in [0.25, 0.3) is 5.92 Å². The summed E-state index contributed by atoms with van der Waals surface area (Å²) in [5.74, 6) is -2.30. The summed E-state index contributed by atoms with van der Waals surface area (Å²) < 4.78 is 42.2. The summed E-state index contributed by atoms with van der Waals surface area (Å²) in [5, 5.41) is 1.37. The molecule has 0 unspecified atom stereocenters. The van der Waals surface area contributed by atoms with Gasteiger partial charge in [0, 0.05) is 22.1 Å². The van der Waals surface area contributed by atoms with Crippen LogP contribution >= 0.6 is 11.3 Å². The first kappa shape index (κ1) is 31.6. The molecule has 1 heterocycles. The first-order valence-electron chi connectivity index (χ1n) is 14.1. The van der Waals surface area contributed by atoms with Crippen LogP contribution in [0.3, 0.4) is 0 Å². The van der Waals surface area contributed by atoms with E-state index in [-0.39, 0.29) is 11.4 Å². The SMILES string of the molecule is C=C(C)c1sc2ccccc2c1C.CC(F)(F)c1ccc(-c2ccc(F)c(CCC3CCCCC3)c2)cc1.CN. The monoisotopic (exact) mass is 565 g/mol. The normalized spacial score (nSPS) is 13.7. The zero-order chi connectivity index (χ0) is 29.3. The minimum Gasteiger partial charge on any atom is -0.333 e. The molecule has 4 aromatic rings. The van der Waals surface area contributed by atoms with Gasteiger partial charge in [-0.15, -0.1) is 11.3 Å². The maximum Gasteiger partial charge on any atom is 0.270 e. The van der Waals surface area contributed by atoms with E-state index >= 15 is 0 Å². The highest BCUT2D eigenvalue weighted by atomic mass is 32.1. The molecule has 0 radical (unpaired) electrons. The van der Waals surface area contributed by atoms with Crippen LogP contribution in [0.15, 0.2) is 73.3 Å². The number of benzene rings is 3. The summed E-state index contributed by atoms with van der Waals surface area (Å²) in [6.45, 7) is 9.12. The second-order valence-electron chi connectivity index (χ2n) is 10.6. The number of halogens is 3. The zero-order valence-electron chi connectivity index (χ0n) is 24.2. The van der Waals surface area contributed by atoms with Crippen LogP contribution in [0.1, 0.15) is 73.9 Å². The minimum atomic E-state index is -2.84. The van der Waals surface area contributed by atoms with Crippen molar-refractivity contribution in [2.75, 3.05) is 7.05 Å². The van der Waals surface area contributed by atoms with E-state index in [0.717, 1.165) is 36.5 Å². The van der Waals surface area contributed by atoms with Crippen molar-refractivity contribution in [3.63, 3.8) is 0 Å². The van der Waals surface area contributed by atoms with Crippen molar-refractivity contribution >= 4 is 27.0 Å². The average molecular weight is 566 g/mol. The van der Waals surface area contributed by atoms with E-state index in [2.05, 4.69) is 50.4 Å². The second-order valence-corrected chi connectivity index (χ2v) is 11.7. The third kappa shape index (κ3) is 8.31. The minimum absolute atomic E-state index is 0.00381. The van der Waals surface area contributed by atoms with Crippen LogP contribution in [0.5, 0.6) is 0 Å². The van der Waals surface area contributed by atoms with Crippen molar-refractivity contribution in [2.24, 2.45) is 11.7 Å². The number of allylic oxidation sites excluding steroid dienone is 1. The molecule has 5 rings (SSSR count). The van der Waals surface area contributed by atoms with Gasteiger partial charge in [-0.3, -0.25) is 0 Å². The van der Waals surface area contributed by atoms with Gasteiger partial charge in [0.05, 0.1) is 0 Å². The molecule has 5 heteroatoms. The lowest BCUT2D eigenvalue weighted by atomic mass is 9.85. The Morgan fingerprint density at radius 3 is 2.17 bits per heavy atom. The fourth-order valence-corrected chi connectivity index (χ4v) is 6.45. The van der Waals surface area contributed by atoms with Crippen LogP contribution < -0.4 is 5.73 Å². The van der Waals surface area contributed by atoms with E-state index in [1.807, 2.05) is 17.4 Å². The van der Waals surface area contributed by atoms with E-state index in [9.17, 15) is 13.2 Å². The van der Waals surface area contributed by atoms with Gasteiger partial charge in [0.2, 0.25) is 0 Å². The van der Waals surface area contributed by atoms with Crippen LogP contribution in [-0.4, -0.2) is 7.05 Å². The Bertz CT molecular complexity index is 1380. The molecule has 1 saturated carbocycles. The van der Waals surface area contributed by atoms with Crippen molar-refractivity contribution in [3.8, 4) is 11.1 Å². The topological polar surface area (TPSA) is 26.0 Å². The highest BCUT2D eigenvalue weighted by molar-refractivity contribution is 7.20. The summed E-state index contributed by atoms with van der Waals surface area (Å²) in [5.41, 5.74) is 9.48. The first-order chi connectivity index (χ1) is 19.1.